The lowest BCUT2D eigenvalue weighted by atomic mass is 10.1. The van der Waals surface area contributed by atoms with Crippen molar-refractivity contribution in [3.63, 3.8) is 0 Å². The predicted octanol–water partition coefficient (Wildman–Crippen LogP) is 3.73. The molecule has 22 heavy (non-hydrogen) atoms. The molecule has 2 aromatic heterocycles. The fourth-order valence-electron chi connectivity index (χ4n) is 2.64. The summed E-state index contributed by atoms with van der Waals surface area (Å²) < 4.78 is 41.0. The molecule has 3 aromatic rings. The Morgan fingerprint density at radius 1 is 1.14 bits per heavy atom. The molecule has 1 aliphatic rings. The van der Waals surface area contributed by atoms with Crippen molar-refractivity contribution < 1.29 is 13.2 Å². The van der Waals surface area contributed by atoms with Gasteiger partial charge in [0.25, 0.3) is 5.92 Å². The predicted molar refractivity (Wildman–Crippen MR) is 75.1 cm³/mol. The molecule has 3 nitrogen and oxygen atoms in total. The maximum atomic E-state index is 13.3. The Morgan fingerprint density at radius 3 is 2.64 bits per heavy atom. The fourth-order valence-corrected chi connectivity index (χ4v) is 2.64. The molecule has 0 saturated heterocycles. The molecule has 1 atom stereocenters. The first-order chi connectivity index (χ1) is 10.5. The first kappa shape index (κ1) is 13.3. The Hall–Kier alpha value is -2.37. The van der Waals surface area contributed by atoms with E-state index in [1.54, 1.807) is 34.9 Å². The summed E-state index contributed by atoms with van der Waals surface area (Å²) in [6.45, 7) is 0. The van der Waals surface area contributed by atoms with Crippen LogP contribution in [0.5, 0.6) is 0 Å². The molecule has 0 aliphatic heterocycles. The van der Waals surface area contributed by atoms with Crippen LogP contribution in [0.1, 0.15) is 12.2 Å². The first-order valence-corrected chi connectivity index (χ1v) is 7.00. The Morgan fingerprint density at radius 2 is 1.91 bits per heavy atom. The molecule has 0 radical (unpaired) electrons. The zero-order valence-electron chi connectivity index (χ0n) is 11.5. The molecule has 0 spiro atoms. The molecule has 1 fully saturated rings. The largest absolute Gasteiger partial charge is 0.286 e. The minimum absolute atomic E-state index is 0.0801. The van der Waals surface area contributed by atoms with Crippen molar-refractivity contribution in [2.45, 2.75) is 18.8 Å². The molecule has 6 heteroatoms. The molecule has 1 aliphatic carbocycles. The zero-order valence-corrected chi connectivity index (χ0v) is 11.5. The van der Waals surface area contributed by atoms with Gasteiger partial charge in [-0.15, -0.1) is 10.2 Å². The highest BCUT2D eigenvalue weighted by Gasteiger charge is 2.56. The van der Waals surface area contributed by atoms with Gasteiger partial charge in [-0.25, -0.2) is 13.2 Å². The second kappa shape index (κ2) is 4.56. The van der Waals surface area contributed by atoms with Crippen LogP contribution in [0.4, 0.5) is 13.2 Å². The number of nitrogens with zero attached hydrogens (tertiary/aromatic N) is 3. The average Bonchev–Trinajstić information content (AvgIpc) is 2.91. The third-order valence-corrected chi connectivity index (χ3v) is 4.02. The van der Waals surface area contributed by atoms with E-state index in [-0.39, 0.29) is 18.7 Å². The maximum Gasteiger partial charge on any atom is 0.252 e. The van der Waals surface area contributed by atoms with Crippen molar-refractivity contribution in [3.8, 4) is 11.1 Å². The van der Waals surface area contributed by atoms with Gasteiger partial charge in [0.2, 0.25) is 0 Å². The minimum Gasteiger partial charge on any atom is -0.286 e. The Labute approximate surface area is 124 Å². The summed E-state index contributed by atoms with van der Waals surface area (Å²) in [5.41, 5.74) is 2.12. The van der Waals surface area contributed by atoms with Crippen LogP contribution in [0.15, 0.2) is 42.6 Å². The number of halogens is 3. The van der Waals surface area contributed by atoms with Gasteiger partial charge in [0.1, 0.15) is 11.6 Å². The van der Waals surface area contributed by atoms with Gasteiger partial charge < -0.3 is 0 Å². The SMILES string of the molecule is Fc1cccc(-c2ccn3c(CC4CC4(F)F)nnc3c2)c1. The molecule has 2 heterocycles. The average molecular weight is 303 g/mol. The van der Waals surface area contributed by atoms with Crippen molar-refractivity contribution >= 4 is 5.65 Å². The van der Waals surface area contributed by atoms with Crippen molar-refractivity contribution in [1.29, 1.82) is 0 Å². The summed E-state index contributed by atoms with van der Waals surface area (Å²) in [5, 5.41) is 8.03. The van der Waals surface area contributed by atoms with Crippen molar-refractivity contribution in [2.75, 3.05) is 0 Å². The summed E-state index contributed by atoms with van der Waals surface area (Å²) in [6.07, 6.45) is 1.88. The Balaban J connectivity index is 1.68. The second-order valence-electron chi connectivity index (χ2n) is 5.64. The van der Waals surface area contributed by atoms with E-state index in [0.717, 1.165) is 11.1 Å². The lowest BCUT2D eigenvalue weighted by molar-refractivity contribution is 0.0984. The second-order valence-corrected chi connectivity index (χ2v) is 5.64. The number of rotatable bonds is 3. The molecular weight excluding hydrogens is 291 g/mol. The summed E-state index contributed by atoms with van der Waals surface area (Å²) >= 11 is 0. The van der Waals surface area contributed by atoms with E-state index >= 15 is 0 Å². The topological polar surface area (TPSA) is 30.2 Å². The zero-order chi connectivity index (χ0) is 15.3. The number of aromatic nitrogens is 3. The highest BCUT2D eigenvalue weighted by atomic mass is 19.3. The maximum absolute atomic E-state index is 13.3. The third kappa shape index (κ3) is 2.24. The summed E-state index contributed by atoms with van der Waals surface area (Å²) in [7, 11) is 0. The first-order valence-electron chi connectivity index (χ1n) is 7.00. The van der Waals surface area contributed by atoms with E-state index in [1.165, 1.54) is 12.1 Å². The van der Waals surface area contributed by atoms with Crippen molar-refractivity contribution in [3.05, 3.63) is 54.2 Å². The molecule has 1 unspecified atom stereocenters. The van der Waals surface area contributed by atoms with Gasteiger partial charge in [0.05, 0.1) is 0 Å². The monoisotopic (exact) mass is 303 g/mol. The van der Waals surface area contributed by atoms with E-state index in [9.17, 15) is 13.2 Å². The lowest BCUT2D eigenvalue weighted by Crippen LogP contribution is -2.01. The number of pyridine rings is 1. The van der Waals surface area contributed by atoms with Crippen LogP contribution in [0, 0.1) is 11.7 Å². The standard InChI is InChI=1S/C16H12F3N3/c17-13-3-1-2-10(6-13)11-4-5-22-14(7-11)20-21-15(22)8-12-9-16(12,18)19/h1-7,12H,8-9H2. The van der Waals surface area contributed by atoms with Gasteiger partial charge in [0, 0.05) is 25.0 Å². The highest BCUT2D eigenvalue weighted by molar-refractivity contribution is 5.67. The molecule has 1 saturated carbocycles. The van der Waals surface area contributed by atoms with E-state index < -0.39 is 11.8 Å². The molecule has 112 valence electrons. The molecule has 0 N–H and O–H groups in total. The third-order valence-electron chi connectivity index (χ3n) is 4.02. The number of hydrogen-bond donors (Lipinski definition) is 0. The van der Waals surface area contributed by atoms with Gasteiger partial charge in [-0.1, -0.05) is 12.1 Å². The van der Waals surface area contributed by atoms with Crippen LogP contribution in [-0.4, -0.2) is 20.5 Å². The van der Waals surface area contributed by atoms with Crippen LogP contribution < -0.4 is 0 Å². The van der Waals surface area contributed by atoms with Crippen molar-refractivity contribution in [2.24, 2.45) is 5.92 Å². The molecule has 1 aromatic carbocycles. The normalized spacial score (nSPS) is 19.5. The fraction of sp³-hybridized carbons (Fsp3) is 0.250. The van der Waals surface area contributed by atoms with E-state index in [1.807, 2.05) is 0 Å². The number of hydrogen-bond acceptors (Lipinski definition) is 2. The van der Waals surface area contributed by atoms with Gasteiger partial charge in [0.15, 0.2) is 5.65 Å². The van der Waals surface area contributed by atoms with E-state index in [0.29, 0.717) is 11.5 Å². The van der Waals surface area contributed by atoms with Gasteiger partial charge >= 0.3 is 0 Å². The number of fused-ring (bicyclic) bond motifs is 1. The summed E-state index contributed by atoms with van der Waals surface area (Å²) in [4.78, 5) is 0. The van der Waals surface area contributed by atoms with Crippen LogP contribution in [0.25, 0.3) is 16.8 Å². The quantitative estimate of drug-likeness (QED) is 0.738. The lowest BCUT2D eigenvalue weighted by Gasteiger charge is -2.04. The number of benzene rings is 1. The van der Waals surface area contributed by atoms with Crippen molar-refractivity contribution in [1.82, 2.24) is 14.6 Å². The van der Waals surface area contributed by atoms with Crippen LogP contribution >= 0.6 is 0 Å². The summed E-state index contributed by atoms with van der Waals surface area (Å²) in [5.74, 6) is -2.98. The molecular formula is C16H12F3N3. The van der Waals surface area contributed by atoms with Gasteiger partial charge in [-0.2, -0.15) is 0 Å². The molecule has 4 rings (SSSR count). The molecule has 0 amide bonds. The Bertz CT molecular complexity index is 857. The van der Waals surface area contributed by atoms with E-state index in [2.05, 4.69) is 10.2 Å². The number of alkyl halides is 2. The summed E-state index contributed by atoms with van der Waals surface area (Å²) in [6, 6.07) is 9.84. The smallest absolute Gasteiger partial charge is 0.252 e. The highest BCUT2D eigenvalue weighted by Crippen LogP contribution is 2.50. The van der Waals surface area contributed by atoms with Gasteiger partial charge in [-0.05, 0) is 35.4 Å². The van der Waals surface area contributed by atoms with Crippen LogP contribution in [0.2, 0.25) is 0 Å². The molecule has 0 bridgehead atoms. The van der Waals surface area contributed by atoms with E-state index in [4.69, 9.17) is 0 Å². The minimum atomic E-state index is -2.56. The van der Waals surface area contributed by atoms with Crippen LogP contribution in [0.3, 0.4) is 0 Å². The Kier molecular flexibility index (Phi) is 2.76. The van der Waals surface area contributed by atoms with Crippen LogP contribution in [-0.2, 0) is 6.42 Å². The van der Waals surface area contributed by atoms with Gasteiger partial charge in [-0.3, -0.25) is 4.40 Å².